The van der Waals surface area contributed by atoms with Gasteiger partial charge in [0.1, 0.15) is 12.7 Å². The lowest BCUT2D eigenvalue weighted by Gasteiger charge is -2.61. The minimum Gasteiger partial charge on any atom is -0.481 e. The lowest BCUT2D eigenvalue weighted by Crippen LogP contribution is -2.54. The Kier molecular flexibility index (Phi) is 9.51. The minimum absolute atomic E-state index is 0.0454. The molecule has 9 unspecified atom stereocenters. The summed E-state index contributed by atoms with van der Waals surface area (Å²) in [4.78, 5) is 35.8. The minimum atomic E-state index is -0.671. The summed E-state index contributed by atoms with van der Waals surface area (Å²) in [6.45, 7) is 13.5. The summed E-state index contributed by atoms with van der Waals surface area (Å²) in [6.07, 6.45) is 11.9. The van der Waals surface area contributed by atoms with Crippen molar-refractivity contribution < 1.29 is 29.0 Å². The number of hydrogen-bond acceptors (Lipinski definition) is 5. The fourth-order valence-corrected chi connectivity index (χ4v) is 9.68. The van der Waals surface area contributed by atoms with Gasteiger partial charge in [-0.25, -0.2) is 4.79 Å². The van der Waals surface area contributed by atoms with Crippen molar-refractivity contribution in [2.45, 2.75) is 125 Å². The van der Waals surface area contributed by atoms with Crippen LogP contribution in [0.15, 0.2) is 0 Å². The molecular formula is C33H55NO6. The number of hydrogen-bond donors (Lipinski definition) is 2. The number of aliphatic carboxylic acids is 1. The molecule has 2 N–H and O–H groups in total. The number of carboxylic acids is 1. The van der Waals surface area contributed by atoms with Gasteiger partial charge in [-0.2, -0.15) is 0 Å². The molecule has 0 aliphatic heterocycles. The van der Waals surface area contributed by atoms with E-state index in [1.807, 2.05) is 20.8 Å². The monoisotopic (exact) mass is 561 g/mol. The van der Waals surface area contributed by atoms with E-state index < -0.39 is 17.5 Å². The Morgan fingerprint density at radius 2 is 1.70 bits per heavy atom. The first kappa shape index (κ1) is 31.2. The molecule has 0 radical (unpaired) electrons. The number of ether oxygens (including phenoxy) is 2. The maximum absolute atomic E-state index is 12.5. The first-order chi connectivity index (χ1) is 18.8. The van der Waals surface area contributed by atoms with Crippen LogP contribution in [-0.4, -0.2) is 42.4 Å². The fraction of sp³-hybridized carbons (Fsp3) is 0.909. The molecule has 0 spiro atoms. The van der Waals surface area contributed by atoms with Gasteiger partial charge in [0.15, 0.2) is 0 Å². The van der Waals surface area contributed by atoms with Crippen LogP contribution in [0.25, 0.3) is 0 Å². The summed E-state index contributed by atoms with van der Waals surface area (Å²) in [6, 6.07) is 0. The molecule has 4 fully saturated rings. The van der Waals surface area contributed by atoms with Gasteiger partial charge in [0.25, 0.3) is 0 Å². The highest BCUT2D eigenvalue weighted by Crippen LogP contribution is 2.68. The maximum Gasteiger partial charge on any atom is 0.407 e. The number of fused-ring (bicyclic) bond motifs is 5. The van der Waals surface area contributed by atoms with Crippen molar-refractivity contribution in [3.8, 4) is 0 Å². The molecule has 4 aliphatic rings. The van der Waals surface area contributed by atoms with Gasteiger partial charge in [0.05, 0.1) is 12.0 Å². The first-order valence-corrected chi connectivity index (χ1v) is 16.1. The van der Waals surface area contributed by atoms with Gasteiger partial charge in [-0.15, -0.1) is 0 Å². The van der Waals surface area contributed by atoms with Crippen LogP contribution in [-0.2, 0) is 19.1 Å². The molecule has 228 valence electrons. The molecule has 0 aromatic heterocycles. The molecular weight excluding hydrogens is 506 g/mol. The average Bonchev–Trinajstić information content (AvgIpc) is 3.27. The van der Waals surface area contributed by atoms with Crippen molar-refractivity contribution in [2.24, 2.45) is 51.8 Å². The SMILES string of the molecule is CCC(C)(C)C(=O)OCCNC(=O)OC1CCC2(C)C(CCC3C2CCC2(C)C(C(C)CCC(=O)O)CCC32)C1. The third-order valence-corrected chi connectivity index (χ3v) is 12.5. The van der Waals surface area contributed by atoms with E-state index in [-0.39, 0.29) is 31.6 Å². The number of alkyl carbamates (subject to hydrolysis) is 1. The highest BCUT2D eigenvalue weighted by Gasteiger charge is 2.60. The molecule has 1 amide bonds. The molecule has 40 heavy (non-hydrogen) atoms. The van der Waals surface area contributed by atoms with Gasteiger partial charge in [0.2, 0.25) is 0 Å². The van der Waals surface area contributed by atoms with Crippen molar-refractivity contribution in [2.75, 3.05) is 13.2 Å². The van der Waals surface area contributed by atoms with Crippen LogP contribution in [0.5, 0.6) is 0 Å². The summed E-state index contributed by atoms with van der Waals surface area (Å²) in [7, 11) is 0. The Hall–Kier alpha value is -1.79. The molecule has 0 saturated heterocycles. The first-order valence-electron chi connectivity index (χ1n) is 16.1. The second-order valence-electron chi connectivity index (χ2n) is 14.9. The number of nitrogens with one attached hydrogen (secondary N) is 1. The van der Waals surface area contributed by atoms with Crippen LogP contribution in [0, 0.1) is 51.8 Å². The van der Waals surface area contributed by atoms with E-state index >= 15 is 0 Å². The van der Waals surface area contributed by atoms with E-state index in [1.165, 1.54) is 38.5 Å². The van der Waals surface area contributed by atoms with Crippen LogP contribution >= 0.6 is 0 Å². The second kappa shape index (κ2) is 12.2. The zero-order chi connectivity index (χ0) is 29.3. The molecule has 0 bridgehead atoms. The zero-order valence-corrected chi connectivity index (χ0v) is 25.9. The standard InChI is InChI=1S/C33H55NO6/c1-7-31(3,4)29(37)39-19-18-34-30(38)40-23-14-16-32(5)22(20-23)9-10-24-26-12-11-25(21(2)8-13-28(35)36)33(26,6)17-15-27(24)32/h21-27H,7-20H2,1-6H3,(H,34,38)(H,35,36). The van der Waals surface area contributed by atoms with Gasteiger partial charge in [-0.05, 0) is 131 Å². The smallest absolute Gasteiger partial charge is 0.407 e. The van der Waals surface area contributed by atoms with Crippen LogP contribution in [0.3, 0.4) is 0 Å². The third-order valence-electron chi connectivity index (χ3n) is 12.5. The number of esters is 1. The largest absolute Gasteiger partial charge is 0.481 e. The summed E-state index contributed by atoms with van der Waals surface area (Å²) in [5.41, 5.74) is 0.153. The molecule has 4 rings (SSSR count). The van der Waals surface area contributed by atoms with Crippen LogP contribution < -0.4 is 5.32 Å². The Bertz CT molecular complexity index is 934. The quantitative estimate of drug-likeness (QED) is 0.216. The molecule has 7 heteroatoms. The maximum atomic E-state index is 12.5. The van der Waals surface area contributed by atoms with E-state index in [0.717, 1.165) is 43.4 Å². The van der Waals surface area contributed by atoms with Gasteiger partial charge in [0, 0.05) is 6.42 Å². The van der Waals surface area contributed by atoms with E-state index in [2.05, 4.69) is 26.1 Å². The molecule has 0 heterocycles. The van der Waals surface area contributed by atoms with Gasteiger partial charge in [-0.1, -0.05) is 27.7 Å². The van der Waals surface area contributed by atoms with Crippen molar-refractivity contribution >= 4 is 18.0 Å². The zero-order valence-electron chi connectivity index (χ0n) is 25.9. The van der Waals surface area contributed by atoms with E-state index in [0.29, 0.717) is 35.0 Å². The van der Waals surface area contributed by atoms with E-state index in [4.69, 9.17) is 9.47 Å². The lowest BCUT2D eigenvalue weighted by atomic mass is 9.44. The Balaban J connectivity index is 1.27. The lowest BCUT2D eigenvalue weighted by molar-refractivity contribution is -0.154. The van der Waals surface area contributed by atoms with Crippen LogP contribution in [0.1, 0.15) is 119 Å². The highest BCUT2D eigenvalue weighted by molar-refractivity contribution is 5.75. The summed E-state index contributed by atoms with van der Waals surface area (Å²) >= 11 is 0. The predicted molar refractivity (Wildman–Crippen MR) is 155 cm³/mol. The topological polar surface area (TPSA) is 102 Å². The molecule has 0 aromatic rings. The van der Waals surface area contributed by atoms with Crippen molar-refractivity contribution in [3.05, 3.63) is 0 Å². The molecule has 9 atom stereocenters. The number of carbonyl (C=O) groups is 3. The average molecular weight is 562 g/mol. The molecule has 7 nitrogen and oxygen atoms in total. The molecule has 4 saturated carbocycles. The fourth-order valence-electron chi connectivity index (χ4n) is 9.68. The Morgan fingerprint density at radius 1 is 1.00 bits per heavy atom. The Morgan fingerprint density at radius 3 is 2.40 bits per heavy atom. The van der Waals surface area contributed by atoms with Crippen molar-refractivity contribution in [1.29, 1.82) is 0 Å². The van der Waals surface area contributed by atoms with E-state index in [9.17, 15) is 19.5 Å². The van der Waals surface area contributed by atoms with Gasteiger partial charge >= 0.3 is 18.0 Å². The normalized spacial score (nSPS) is 37.9. The van der Waals surface area contributed by atoms with Crippen molar-refractivity contribution in [3.63, 3.8) is 0 Å². The summed E-state index contributed by atoms with van der Waals surface area (Å²) in [5.74, 6) is 3.08. The molecule has 4 aliphatic carbocycles. The highest BCUT2D eigenvalue weighted by atomic mass is 16.6. The number of carboxylic acid groups (broad SMARTS) is 1. The number of amides is 1. The van der Waals surface area contributed by atoms with Crippen LogP contribution in [0.4, 0.5) is 4.79 Å². The van der Waals surface area contributed by atoms with Crippen LogP contribution in [0.2, 0.25) is 0 Å². The van der Waals surface area contributed by atoms with Gasteiger partial charge in [-0.3, -0.25) is 9.59 Å². The second-order valence-corrected chi connectivity index (χ2v) is 14.9. The molecule has 0 aromatic carbocycles. The number of rotatable bonds is 10. The third kappa shape index (κ3) is 6.18. The summed E-state index contributed by atoms with van der Waals surface area (Å²) in [5, 5.41) is 12.0. The Labute approximate surface area is 241 Å². The number of carbonyl (C=O) groups excluding carboxylic acids is 2. The van der Waals surface area contributed by atoms with Gasteiger partial charge < -0.3 is 19.9 Å². The van der Waals surface area contributed by atoms with Crippen molar-refractivity contribution in [1.82, 2.24) is 5.32 Å². The van der Waals surface area contributed by atoms with E-state index in [1.54, 1.807) is 0 Å². The summed E-state index contributed by atoms with van der Waals surface area (Å²) < 4.78 is 11.2. The predicted octanol–water partition coefficient (Wildman–Crippen LogP) is 7.22.